The third-order valence-corrected chi connectivity index (χ3v) is 3.35. The van der Waals surface area contributed by atoms with Crippen LogP contribution < -0.4 is 0 Å². The first-order valence-corrected chi connectivity index (χ1v) is 5.77. The van der Waals surface area contributed by atoms with Crippen molar-refractivity contribution in [3.05, 3.63) is 34.4 Å². The summed E-state index contributed by atoms with van der Waals surface area (Å²) in [4.78, 5) is 11.0. The number of nitrogens with zero attached hydrogens (tertiary/aromatic N) is 1. The van der Waals surface area contributed by atoms with Crippen molar-refractivity contribution in [2.75, 3.05) is 0 Å². The number of carboxylic acid groups (broad SMARTS) is 1. The van der Waals surface area contributed by atoms with E-state index >= 15 is 0 Å². The molecule has 1 aromatic heterocycles. The van der Waals surface area contributed by atoms with Crippen molar-refractivity contribution in [1.82, 2.24) is 4.57 Å². The maximum absolute atomic E-state index is 11.0. The third kappa shape index (κ3) is 1.73. The summed E-state index contributed by atoms with van der Waals surface area (Å²) in [5.74, 6) is -1.29. The van der Waals surface area contributed by atoms with Crippen molar-refractivity contribution in [2.45, 2.75) is 12.8 Å². The lowest BCUT2D eigenvalue weighted by Crippen LogP contribution is -2.11. The molecule has 0 fully saturated rings. The van der Waals surface area contributed by atoms with Crippen molar-refractivity contribution in [3.8, 4) is 0 Å². The van der Waals surface area contributed by atoms with Crippen LogP contribution in [0.2, 0.25) is 0 Å². The van der Waals surface area contributed by atoms with Gasteiger partial charge in [-0.2, -0.15) is 0 Å². The van der Waals surface area contributed by atoms with Gasteiger partial charge in [-0.05, 0) is 31.2 Å². The molecule has 0 aliphatic rings. The van der Waals surface area contributed by atoms with E-state index in [0.717, 1.165) is 21.1 Å². The van der Waals surface area contributed by atoms with Crippen LogP contribution in [-0.2, 0) is 11.8 Å². The molecule has 16 heavy (non-hydrogen) atoms. The Morgan fingerprint density at radius 1 is 1.44 bits per heavy atom. The average Bonchev–Trinajstić information content (AvgIpc) is 2.54. The van der Waals surface area contributed by atoms with E-state index in [-0.39, 0.29) is 0 Å². The molecule has 0 radical (unpaired) electrons. The maximum atomic E-state index is 11.0. The molecule has 2 aromatic rings. The highest BCUT2D eigenvalue weighted by atomic mass is 79.9. The number of hydrogen-bond acceptors (Lipinski definition) is 1. The number of hydrogen-bond donors (Lipinski definition) is 1. The van der Waals surface area contributed by atoms with Crippen LogP contribution in [0, 0.1) is 0 Å². The molecule has 84 valence electrons. The van der Waals surface area contributed by atoms with E-state index in [2.05, 4.69) is 15.9 Å². The fourth-order valence-electron chi connectivity index (χ4n) is 1.88. The lowest BCUT2D eigenvalue weighted by Gasteiger charge is -2.07. The Balaban J connectivity index is 2.64. The summed E-state index contributed by atoms with van der Waals surface area (Å²) in [5.41, 5.74) is 1.87. The predicted octanol–water partition coefficient (Wildman–Crippen LogP) is 3.13. The van der Waals surface area contributed by atoms with Gasteiger partial charge >= 0.3 is 5.97 Å². The van der Waals surface area contributed by atoms with Crippen LogP contribution in [0.4, 0.5) is 0 Å². The molecule has 0 aliphatic carbocycles. The number of carboxylic acids is 1. The van der Waals surface area contributed by atoms with Gasteiger partial charge in [-0.25, -0.2) is 0 Å². The Hall–Kier alpha value is -1.29. The monoisotopic (exact) mass is 281 g/mol. The minimum atomic E-state index is -0.801. The first-order chi connectivity index (χ1) is 7.50. The molecule has 4 heteroatoms. The van der Waals surface area contributed by atoms with Gasteiger partial charge in [-0.3, -0.25) is 4.79 Å². The Morgan fingerprint density at radius 3 is 2.75 bits per heavy atom. The Labute approximate surface area is 102 Å². The van der Waals surface area contributed by atoms with Gasteiger partial charge in [0.2, 0.25) is 0 Å². The van der Waals surface area contributed by atoms with Crippen molar-refractivity contribution in [2.24, 2.45) is 7.05 Å². The predicted molar refractivity (Wildman–Crippen MR) is 66.7 cm³/mol. The molecular weight excluding hydrogens is 270 g/mol. The Morgan fingerprint density at radius 2 is 2.12 bits per heavy atom. The van der Waals surface area contributed by atoms with Gasteiger partial charge in [-0.1, -0.05) is 15.9 Å². The Bertz CT molecular complexity index is 559. The van der Waals surface area contributed by atoms with E-state index in [1.807, 2.05) is 35.9 Å². The number of benzene rings is 1. The molecule has 1 aromatic carbocycles. The van der Waals surface area contributed by atoms with Crippen LogP contribution in [0.1, 0.15) is 18.5 Å². The fourth-order valence-corrected chi connectivity index (χ4v) is 2.26. The number of rotatable bonds is 2. The zero-order valence-corrected chi connectivity index (χ0v) is 10.7. The smallest absolute Gasteiger partial charge is 0.312 e. The maximum Gasteiger partial charge on any atom is 0.312 e. The van der Waals surface area contributed by atoms with Crippen molar-refractivity contribution < 1.29 is 9.90 Å². The normalized spacial score (nSPS) is 12.9. The average molecular weight is 282 g/mol. The SMILES string of the molecule is CC(C(=O)O)c1cc2cc(Br)ccc2n1C. The molecule has 0 aliphatic heterocycles. The van der Waals surface area contributed by atoms with Gasteiger partial charge in [0, 0.05) is 28.1 Å². The second-order valence-corrected chi connectivity index (χ2v) is 4.81. The van der Waals surface area contributed by atoms with Crippen molar-refractivity contribution in [1.29, 1.82) is 0 Å². The van der Waals surface area contributed by atoms with Crippen molar-refractivity contribution >= 4 is 32.8 Å². The molecule has 1 N–H and O–H groups in total. The van der Waals surface area contributed by atoms with Gasteiger partial charge in [0.05, 0.1) is 5.92 Å². The van der Waals surface area contributed by atoms with Gasteiger partial charge in [0.1, 0.15) is 0 Å². The molecule has 1 unspecified atom stereocenters. The van der Waals surface area contributed by atoms with Crippen LogP contribution in [0.25, 0.3) is 10.9 Å². The van der Waals surface area contributed by atoms with E-state index in [4.69, 9.17) is 5.11 Å². The van der Waals surface area contributed by atoms with Crippen LogP contribution in [0.5, 0.6) is 0 Å². The summed E-state index contributed by atoms with van der Waals surface area (Å²) < 4.78 is 2.93. The van der Waals surface area contributed by atoms with E-state index in [1.54, 1.807) is 6.92 Å². The highest BCUT2D eigenvalue weighted by molar-refractivity contribution is 9.10. The molecule has 0 bridgehead atoms. The zero-order valence-electron chi connectivity index (χ0n) is 9.07. The lowest BCUT2D eigenvalue weighted by molar-refractivity contribution is -0.138. The standard InChI is InChI=1S/C12H12BrNO2/c1-7(12(15)16)11-6-8-5-9(13)3-4-10(8)14(11)2/h3-7H,1-2H3,(H,15,16). The molecular formula is C12H12BrNO2. The molecule has 1 atom stereocenters. The second-order valence-electron chi connectivity index (χ2n) is 3.89. The fraction of sp³-hybridized carbons (Fsp3) is 0.250. The lowest BCUT2D eigenvalue weighted by atomic mass is 10.1. The molecule has 1 heterocycles. The molecule has 0 saturated carbocycles. The number of carbonyl (C=O) groups is 1. The first kappa shape index (κ1) is 11.2. The highest BCUT2D eigenvalue weighted by Gasteiger charge is 2.18. The number of aryl methyl sites for hydroxylation is 1. The van der Waals surface area contributed by atoms with Gasteiger partial charge in [0.15, 0.2) is 0 Å². The van der Waals surface area contributed by atoms with Gasteiger partial charge < -0.3 is 9.67 Å². The summed E-state index contributed by atoms with van der Waals surface area (Å²) in [6.45, 7) is 1.70. The summed E-state index contributed by atoms with van der Waals surface area (Å²) >= 11 is 3.41. The summed E-state index contributed by atoms with van der Waals surface area (Å²) in [7, 11) is 1.89. The highest BCUT2D eigenvalue weighted by Crippen LogP contribution is 2.26. The molecule has 2 rings (SSSR count). The molecule has 0 spiro atoms. The zero-order chi connectivity index (χ0) is 11.9. The molecule has 0 amide bonds. The minimum absolute atomic E-state index is 0.490. The van der Waals surface area contributed by atoms with Crippen LogP contribution in [-0.4, -0.2) is 15.6 Å². The summed E-state index contributed by atoms with van der Waals surface area (Å²) in [6.07, 6.45) is 0. The number of fused-ring (bicyclic) bond motifs is 1. The van der Waals surface area contributed by atoms with Crippen LogP contribution in [0.15, 0.2) is 28.7 Å². The number of halogens is 1. The number of aromatic nitrogens is 1. The van der Waals surface area contributed by atoms with Crippen molar-refractivity contribution in [3.63, 3.8) is 0 Å². The summed E-state index contributed by atoms with van der Waals surface area (Å²) in [6, 6.07) is 7.86. The molecule has 0 saturated heterocycles. The van der Waals surface area contributed by atoms with Gasteiger partial charge in [-0.15, -0.1) is 0 Å². The third-order valence-electron chi connectivity index (χ3n) is 2.86. The number of aliphatic carboxylic acids is 1. The minimum Gasteiger partial charge on any atom is -0.481 e. The first-order valence-electron chi connectivity index (χ1n) is 4.98. The molecule has 3 nitrogen and oxygen atoms in total. The van der Waals surface area contributed by atoms with Gasteiger partial charge in [0.25, 0.3) is 0 Å². The largest absolute Gasteiger partial charge is 0.481 e. The van der Waals surface area contributed by atoms with E-state index in [0.29, 0.717) is 0 Å². The topological polar surface area (TPSA) is 42.2 Å². The quantitative estimate of drug-likeness (QED) is 0.919. The van der Waals surface area contributed by atoms with E-state index < -0.39 is 11.9 Å². The van der Waals surface area contributed by atoms with E-state index in [9.17, 15) is 4.79 Å². The Kier molecular flexibility index (Phi) is 2.76. The second kappa shape index (κ2) is 3.94. The van der Waals surface area contributed by atoms with E-state index in [1.165, 1.54) is 0 Å². The van der Waals surface area contributed by atoms with Crippen LogP contribution >= 0.6 is 15.9 Å². The van der Waals surface area contributed by atoms with Crippen LogP contribution in [0.3, 0.4) is 0 Å². The summed E-state index contributed by atoms with van der Waals surface area (Å²) in [5, 5.41) is 10.1.